The molecular formula is C22H22N2O. The summed E-state index contributed by atoms with van der Waals surface area (Å²) in [5.41, 5.74) is 3.09. The molecule has 0 atom stereocenters. The number of hydrogen-bond acceptors (Lipinski definition) is 1. The second-order valence-electron chi connectivity index (χ2n) is 6.68. The van der Waals surface area contributed by atoms with Crippen molar-refractivity contribution in [3.05, 3.63) is 78.0 Å². The van der Waals surface area contributed by atoms with Gasteiger partial charge in [-0.05, 0) is 48.6 Å². The topological polar surface area (TPSA) is 36.1 Å². The van der Waals surface area contributed by atoms with Crippen LogP contribution in [0.2, 0.25) is 0 Å². The van der Waals surface area contributed by atoms with Crippen molar-refractivity contribution in [1.29, 1.82) is 0 Å². The maximum absolute atomic E-state index is 12.7. The molecule has 1 fully saturated rings. The first-order chi connectivity index (χ1) is 12.3. The van der Waals surface area contributed by atoms with Gasteiger partial charge in [0.15, 0.2) is 0 Å². The summed E-state index contributed by atoms with van der Waals surface area (Å²) in [6.45, 7) is 1.65. The smallest absolute Gasteiger partial charge is 0.253 e. The van der Waals surface area contributed by atoms with Gasteiger partial charge >= 0.3 is 0 Å². The fraction of sp³-hybridized carbons (Fsp3) is 0.227. The summed E-state index contributed by atoms with van der Waals surface area (Å²) in [5, 5.41) is 1.09. The molecular weight excluding hydrogens is 308 g/mol. The van der Waals surface area contributed by atoms with Crippen LogP contribution in [0, 0.1) is 5.92 Å². The molecule has 0 bridgehead atoms. The van der Waals surface area contributed by atoms with E-state index in [9.17, 15) is 4.79 Å². The second kappa shape index (κ2) is 6.98. The Labute approximate surface area is 148 Å². The van der Waals surface area contributed by atoms with Gasteiger partial charge in [-0.25, -0.2) is 0 Å². The maximum Gasteiger partial charge on any atom is 0.253 e. The summed E-state index contributed by atoms with van der Waals surface area (Å²) in [7, 11) is 0. The van der Waals surface area contributed by atoms with Crippen LogP contribution < -0.4 is 0 Å². The van der Waals surface area contributed by atoms with Gasteiger partial charge < -0.3 is 9.88 Å². The Morgan fingerprint density at radius 1 is 1.04 bits per heavy atom. The van der Waals surface area contributed by atoms with Gasteiger partial charge in [0.2, 0.25) is 0 Å². The van der Waals surface area contributed by atoms with Crippen molar-refractivity contribution in [3.8, 4) is 0 Å². The van der Waals surface area contributed by atoms with E-state index in [0.29, 0.717) is 5.92 Å². The molecule has 1 aromatic heterocycles. The molecule has 1 amide bonds. The highest BCUT2D eigenvalue weighted by Gasteiger charge is 2.22. The molecule has 1 aliphatic heterocycles. The zero-order chi connectivity index (χ0) is 17.1. The SMILES string of the molecule is O=C(c1ccc2[nH]ccc2c1)N1CCC(/C=C/c2ccccc2)CC1. The van der Waals surface area contributed by atoms with Gasteiger partial charge in [0, 0.05) is 35.8 Å². The van der Waals surface area contributed by atoms with Crippen LogP contribution in [0.25, 0.3) is 17.0 Å². The first-order valence-corrected chi connectivity index (χ1v) is 8.89. The van der Waals surface area contributed by atoms with Crippen LogP contribution in [0.5, 0.6) is 0 Å². The molecule has 126 valence electrons. The number of amides is 1. The average Bonchev–Trinajstić information content (AvgIpc) is 3.15. The normalized spacial score (nSPS) is 15.9. The van der Waals surface area contributed by atoms with Gasteiger partial charge in [-0.2, -0.15) is 0 Å². The third-order valence-corrected chi connectivity index (χ3v) is 4.99. The largest absolute Gasteiger partial charge is 0.361 e. The van der Waals surface area contributed by atoms with E-state index in [1.807, 2.05) is 41.4 Å². The minimum absolute atomic E-state index is 0.147. The average molecular weight is 330 g/mol. The Morgan fingerprint density at radius 3 is 2.64 bits per heavy atom. The zero-order valence-electron chi connectivity index (χ0n) is 14.2. The van der Waals surface area contributed by atoms with E-state index in [-0.39, 0.29) is 5.91 Å². The monoisotopic (exact) mass is 330 g/mol. The Morgan fingerprint density at radius 2 is 1.84 bits per heavy atom. The van der Waals surface area contributed by atoms with Crippen molar-refractivity contribution < 1.29 is 4.79 Å². The summed E-state index contributed by atoms with van der Waals surface area (Å²) in [5.74, 6) is 0.699. The lowest BCUT2D eigenvalue weighted by atomic mass is 9.95. The van der Waals surface area contributed by atoms with E-state index in [1.54, 1.807) is 0 Å². The number of aromatic nitrogens is 1. The van der Waals surface area contributed by atoms with Crippen LogP contribution >= 0.6 is 0 Å². The number of nitrogens with zero attached hydrogens (tertiary/aromatic N) is 1. The number of allylic oxidation sites excluding steroid dienone is 1. The molecule has 2 aromatic carbocycles. The predicted octanol–water partition coefficient (Wildman–Crippen LogP) is 4.73. The number of H-pyrrole nitrogens is 1. The quantitative estimate of drug-likeness (QED) is 0.740. The maximum atomic E-state index is 12.7. The van der Waals surface area contributed by atoms with Gasteiger partial charge in [0.1, 0.15) is 0 Å². The van der Waals surface area contributed by atoms with E-state index in [2.05, 4.69) is 41.4 Å². The van der Waals surface area contributed by atoms with E-state index >= 15 is 0 Å². The molecule has 0 saturated carbocycles. The van der Waals surface area contributed by atoms with Crippen molar-refractivity contribution in [3.63, 3.8) is 0 Å². The second-order valence-corrected chi connectivity index (χ2v) is 6.68. The molecule has 3 nitrogen and oxygen atoms in total. The van der Waals surface area contributed by atoms with E-state index in [1.165, 1.54) is 5.56 Å². The summed E-state index contributed by atoms with van der Waals surface area (Å²) < 4.78 is 0. The lowest BCUT2D eigenvalue weighted by Gasteiger charge is -2.30. The third-order valence-electron chi connectivity index (χ3n) is 4.99. The molecule has 1 N–H and O–H groups in total. The van der Waals surface area contributed by atoms with Crippen molar-refractivity contribution in [2.45, 2.75) is 12.8 Å². The fourth-order valence-electron chi connectivity index (χ4n) is 3.48. The molecule has 2 heterocycles. The summed E-state index contributed by atoms with van der Waals surface area (Å²) in [6.07, 6.45) is 8.46. The standard InChI is InChI=1S/C22H22N2O/c25-22(20-8-9-21-19(16-20)10-13-23-21)24-14-11-18(12-15-24)7-6-17-4-2-1-3-5-17/h1-10,13,16,18,23H,11-12,14-15H2/b7-6+. The van der Waals surface area contributed by atoms with Crippen molar-refractivity contribution in [2.75, 3.05) is 13.1 Å². The van der Waals surface area contributed by atoms with Crippen molar-refractivity contribution in [2.24, 2.45) is 5.92 Å². The van der Waals surface area contributed by atoms with Crippen LogP contribution in [0.1, 0.15) is 28.8 Å². The zero-order valence-corrected chi connectivity index (χ0v) is 14.2. The van der Waals surface area contributed by atoms with E-state index in [4.69, 9.17) is 0 Å². The number of likely N-dealkylation sites (tertiary alicyclic amines) is 1. The highest BCUT2D eigenvalue weighted by molar-refractivity contribution is 5.98. The van der Waals surface area contributed by atoms with E-state index < -0.39 is 0 Å². The van der Waals surface area contributed by atoms with Crippen LogP contribution in [-0.2, 0) is 0 Å². The van der Waals surface area contributed by atoms with Gasteiger partial charge in [-0.1, -0.05) is 42.5 Å². The number of carbonyl (C=O) groups is 1. The molecule has 4 rings (SSSR count). The van der Waals surface area contributed by atoms with Crippen LogP contribution in [0.4, 0.5) is 0 Å². The number of benzene rings is 2. The molecule has 0 radical (unpaired) electrons. The number of piperidine rings is 1. The van der Waals surface area contributed by atoms with Crippen molar-refractivity contribution >= 4 is 22.9 Å². The fourth-order valence-corrected chi connectivity index (χ4v) is 3.48. The first kappa shape index (κ1) is 15.7. The lowest BCUT2D eigenvalue weighted by Crippen LogP contribution is -2.38. The van der Waals surface area contributed by atoms with Gasteiger partial charge in [-0.3, -0.25) is 4.79 Å². The number of fused-ring (bicyclic) bond motifs is 1. The Hall–Kier alpha value is -2.81. The molecule has 25 heavy (non-hydrogen) atoms. The Kier molecular flexibility index (Phi) is 4.38. The minimum atomic E-state index is 0.147. The number of carbonyl (C=O) groups excluding carboxylic acids is 1. The Balaban J connectivity index is 1.38. The highest BCUT2D eigenvalue weighted by Crippen LogP contribution is 2.22. The number of nitrogens with one attached hydrogen (secondary N) is 1. The number of rotatable bonds is 3. The number of hydrogen-bond donors (Lipinski definition) is 1. The third kappa shape index (κ3) is 3.50. The molecule has 0 aliphatic carbocycles. The molecule has 1 aliphatic rings. The minimum Gasteiger partial charge on any atom is -0.361 e. The first-order valence-electron chi connectivity index (χ1n) is 8.89. The molecule has 1 saturated heterocycles. The molecule has 3 heteroatoms. The summed E-state index contributed by atoms with van der Waals surface area (Å²) >= 11 is 0. The van der Waals surface area contributed by atoms with Crippen LogP contribution in [0.3, 0.4) is 0 Å². The Bertz CT molecular complexity index is 887. The molecule has 3 aromatic rings. The van der Waals surface area contributed by atoms with E-state index in [0.717, 1.165) is 42.4 Å². The number of aromatic amines is 1. The van der Waals surface area contributed by atoms with Crippen LogP contribution in [0.15, 0.2) is 66.9 Å². The van der Waals surface area contributed by atoms with Crippen LogP contribution in [-0.4, -0.2) is 28.9 Å². The van der Waals surface area contributed by atoms with Gasteiger partial charge in [0.25, 0.3) is 5.91 Å². The molecule has 0 spiro atoms. The predicted molar refractivity (Wildman–Crippen MR) is 102 cm³/mol. The molecule has 0 unspecified atom stereocenters. The van der Waals surface area contributed by atoms with Gasteiger partial charge in [0.05, 0.1) is 0 Å². The van der Waals surface area contributed by atoms with Gasteiger partial charge in [-0.15, -0.1) is 0 Å². The highest BCUT2D eigenvalue weighted by atomic mass is 16.2. The lowest BCUT2D eigenvalue weighted by molar-refractivity contribution is 0.0706. The van der Waals surface area contributed by atoms with Crippen molar-refractivity contribution in [1.82, 2.24) is 9.88 Å². The summed E-state index contributed by atoms with van der Waals surface area (Å²) in [4.78, 5) is 17.9. The summed E-state index contributed by atoms with van der Waals surface area (Å²) in [6, 6.07) is 18.3.